The Labute approximate surface area is 147 Å². The molecule has 25 heavy (non-hydrogen) atoms. The first-order valence-corrected chi connectivity index (χ1v) is 8.45. The van der Waals surface area contributed by atoms with Crippen LogP contribution in [0.2, 0.25) is 0 Å². The molecule has 136 valence electrons. The van der Waals surface area contributed by atoms with Crippen molar-refractivity contribution in [2.24, 2.45) is 0 Å². The van der Waals surface area contributed by atoms with E-state index < -0.39 is 0 Å². The highest BCUT2D eigenvalue weighted by molar-refractivity contribution is 5.82. The highest BCUT2D eigenvalue weighted by atomic mass is 16.5. The van der Waals surface area contributed by atoms with E-state index in [0.29, 0.717) is 32.0 Å². The van der Waals surface area contributed by atoms with Crippen LogP contribution in [0.3, 0.4) is 0 Å². The number of aryl methyl sites for hydroxylation is 1. The van der Waals surface area contributed by atoms with E-state index in [1.165, 1.54) is 0 Å². The van der Waals surface area contributed by atoms with Gasteiger partial charge in [0.25, 0.3) is 5.91 Å². The number of likely N-dealkylation sites (N-methyl/N-ethyl adjacent to an activating group) is 2. The molecule has 2 fully saturated rings. The van der Waals surface area contributed by atoms with E-state index in [1.807, 2.05) is 43.1 Å². The summed E-state index contributed by atoms with van der Waals surface area (Å²) in [7, 11) is 3.54. The summed E-state index contributed by atoms with van der Waals surface area (Å²) in [5, 5.41) is 2.65. The molecule has 1 aromatic carbocycles. The van der Waals surface area contributed by atoms with Crippen LogP contribution in [0.4, 0.5) is 0 Å². The third-order valence-corrected chi connectivity index (χ3v) is 4.86. The van der Waals surface area contributed by atoms with E-state index in [2.05, 4.69) is 5.32 Å². The fraction of sp³-hybridized carbons (Fsp3) is 0.556. The molecule has 0 unspecified atom stereocenters. The topological polar surface area (TPSA) is 71.1 Å². The molecule has 2 amide bonds. The SMILES string of the molecule is CNC(=O)[C@H]1COC2(CN(C(=O)COc3ccc(C)cc3)C2)CN1C. The lowest BCUT2D eigenvalue weighted by Crippen LogP contribution is -2.73. The van der Waals surface area contributed by atoms with Gasteiger partial charge in [0.05, 0.1) is 19.7 Å². The number of nitrogens with one attached hydrogen (secondary N) is 1. The van der Waals surface area contributed by atoms with Crippen molar-refractivity contribution in [1.82, 2.24) is 15.1 Å². The minimum absolute atomic E-state index is 0.0237. The van der Waals surface area contributed by atoms with Crippen LogP contribution in [0.25, 0.3) is 0 Å². The zero-order chi connectivity index (χ0) is 18.0. The number of benzene rings is 1. The molecule has 2 aliphatic heterocycles. The van der Waals surface area contributed by atoms with Gasteiger partial charge in [0, 0.05) is 13.6 Å². The lowest BCUT2D eigenvalue weighted by atomic mass is 9.90. The number of amides is 2. The van der Waals surface area contributed by atoms with Crippen LogP contribution in [0.1, 0.15) is 5.56 Å². The Morgan fingerprint density at radius 1 is 1.28 bits per heavy atom. The van der Waals surface area contributed by atoms with Crippen LogP contribution in [-0.2, 0) is 14.3 Å². The molecule has 2 heterocycles. The lowest BCUT2D eigenvalue weighted by Gasteiger charge is -2.54. The summed E-state index contributed by atoms with van der Waals surface area (Å²) < 4.78 is 11.5. The van der Waals surface area contributed by atoms with Gasteiger partial charge in [-0.15, -0.1) is 0 Å². The first-order valence-electron chi connectivity index (χ1n) is 8.45. The molecule has 0 aromatic heterocycles. The zero-order valence-corrected chi connectivity index (χ0v) is 14.9. The lowest BCUT2D eigenvalue weighted by molar-refractivity contribution is -0.201. The fourth-order valence-electron chi connectivity index (χ4n) is 3.32. The van der Waals surface area contributed by atoms with Crippen LogP contribution in [0.15, 0.2) is 24.3 Å². The largest absolute Gasteiger partial charge is 0.484 e. The predicted molar refractivity (Wildman–Crippen MR) is 92.4 cm³/mol. The molecular weight excluding hydrogens is 322 g/mol. The van der Waals surface area contributed by atoms with Crippen molar-refractivity contribution in [3.05, 3.63) is 29.8 Å². The predicted octanol–water partition coefficient (Wildman–Crippen LogP) is 0.0314. The van der Waals surface area contributed by atoms with E-state index in [0.717, 1.165) is 5.56 Å². The summed E-state index contributed by atoms with van der Waals surface area (Å²) in [6, 6.07) is 7.35. The molecule has 1 N–H and O–H groups in total. The Kier molecular flexibility index (Phi) is 4.96. The van der Waals surface area contributed by atoms with Crippen molar-refractivity contribution >= 4 is 11.8 Å². The quantitative estimate of drug-likeness (QED) is 0.832. The van der Waals surface area contributed by atoms with Crippen LogP contribution in [0, 0.1) is 6.92 Å². The molecule has 0 saturated carbocycles. The molecule has 1 spiro atoms. The average molecular weight is 347 g/mol. The number of rotatable bonds is 4. The molecule has 7 heteroatoms. The number of morpholine rings is 1. The normalized spacial score (nSPS) is 22.4. The van der Waals surface area contributed by atoms with Gasteiger partial charge in [-0.1, -0.05) is 17.7 Å². The molecule has 0 bridgehead atoms. The van der Waals surface area contributed by atoms with Crippen LogP contribution in [-0.4, -0.2) is 80.2 Å². The van der Waals surface area contributed by atoms with Gasteiger partial charge < -0.3 is 19.7 Å². The van der Waals surface area contributed by atoms with Crippen molar-refractivity contribution in [2.75, 3.05) is 46.9 Å². The fourth-order valence-corrected chi connectivity index (χ4v) is 3.32. The van der Waals surface area contributed by atoms with Gasteiger partial charge >= 0.3 is 0 Å². The number of likely N-dealkylation sites (tertiary alicyclic amines) is 1. The molecule has 1 atom stereocenters. The molecule has 3 rings (SSSR count). The van der Waals surface area contributed by atoms with Crippen LogP contribution in [0.5, 0.6) is 5.75 Å². The summed E-state index contributed by atoms with van der Waals surface area (Å²) in [5.41, 5.74) is 0.788. The summed E-state index contributed by atoms with van der Waals surface area (Å²) in [4.78, 5) is 27.8. The summed E-state index contributed by atoms with van der Waals surface area (Å²) in [6.45, 7) is 4.08. The van der Waals surface area contributed by atoms with Gasteiger partial charge in [-0.25, -0.2) is 0 Å². The molecule has 2 aliphatic rings. The second-order valence-electron chi connectivity index (χ2n) is 6.89. The van der Waals surface area contributed by atoms with Gasteiger partial charge in [-0.3, -0.25) is 14.5 Å². The first kappa shape index (κ1) is 17.7. The monoisotopic (exact) mass is 347 g/mol. The number of carbonyl (C=O) groups excluding carboxylic acids is 2. The average Bonchev–Trinajstić information content (AvgIpc) is 2.58. The van der Waals surface area contributed by atoms with Gasteiger partial charge in [-0.2, -0.15) is 0 Å². The number of hydrogen-bond donors (Lipinski definition) is 1. The number of ether oxygens (including phenoxy) is 2. The smallest absolute Gasteiger partial charge is 0.260 e. The molecule has 1 aromatic rings. The Morgan fingerprint density at radius 2 is 1.96 bits per heavy atom. The Morgan fingerprint density at radius 3 is 2.56 bits per heavy atom. The molecule has 2 saturated heterocycles. The van der Waals surface area contributed by atoms with Crippen molar-refractivity contribution in [3.8, 4) is 5.75 Å². The number of carbonyl (C=O) groups is 2. The van der Waals surface area contributed by atoms with Crippen molar-refractivity contribution < 1.29 is 19.1 Å². The van der Waals surface area contributed by atoms with Crippen LogP contribution >= 0.6 is 0 Å². The summed E-state index contributed by atoms with van der Waals surface area (Å²) in [6.07, 6.45) is 0. The molecule has 0 aliphatic carbocycles. The van der Waals surface area contributed by atoms with E-state index in [4.69, 9.17) is 9.47 Å². The third kappa shape index (κ3) is 3.77. The molecule has 7 nitrogen and oxygen atoms in total. The van der Waals surface area contributed by atoms with Gasteiger partial charge in [-0.05, 0) is 26.1 Å². The van der Waals surface area contributed by atoms with E-state index in [1.54, 1.807) is 11.9 Å². The van der Waals surface area contributed by atoms with Crippen LogP contribution < -0.4 is 10.1 Å². The van der Waals surface area contributed by atoms with Gasteiger partial charge in [0.15, 0.2) is 6.61 Å². The first-order chi connectivity index (χ1) is 11.9. The molecule has 0 radical (unpaired) electrons. The second kappa shape index (κ2) is 7.01. The van der Waals surface area contributed by atoms with Crippen molar-refractivity contribution in [2.45, 2.75) is 18.6 Å². The van der Waals surface area contributed by atoms with Gasteiger partial charge in [0.2, 0.25) is 5.91 Å². The Hall–Kier alpha value is -2.12. The van der Waals surface area contributed by atoms with Gasteiger partial charge in [0.1, 0.15) is 17.4 Å². The minimum Gasteiger partial charge on any atom is -0.484 e. The second-order valence-corrected chi connectivity index (χ2v) is 6.89. The van der Waals surface area contributed by atoms with Crippen molar-refractivity contribution in [3.63, 3.8) is 0 Å². The number of hydrogen-bond acceptors (Lipinski definition) is 5. The maximum absolute atomic E-state index is 12.3. The highest BCUT2D eigenvalue weighted by Gasteiger charge is 2.51. The zero-order valence-electron chi connectivity index (χ0n) is 14.9. The standard InChI is InChI=1S/C18H25N3O4/c1-13-4-6-14(7-5-13)24-9-16(22)21-11-18(12-21)10-20(3)15(8-25-18)17(23)19-2/h4-7,15H,8-12H2,1-3H3,(H,19,23)/t15-/m1/s1. The highest BCUT2D eigenvalue weighted by Crippen LogP contribution is 2.30. The van der Waals surface area contributed by atoms with Crippen molar-refractivity contribution in [1.29, 1.82) is 0 Å². The summed E-state index contributed by atoms with van der Waals surface area (Å²) >= 11 is 0. The van der Waals surface area contributed by atoms with E-state index in [-0.39, 0.29) is 30.1 Å². The molecular formula is C18H25N3O4. The Balaban J connectivity index is 1.46. The Bertz CT molecular complexity index is 640. The third-order valence-electron chi connectivity index (χ3n) is 4.86. The maximum Gasteiger partial charge on any atom is 0.260 e. The number of nitrogens with zero attached hydrogens (tertiary/aromatic N) is 2. The van der Waals surface area contributed by atoms with E-state index >= 15 is 0 Å². The summed E-state index contributed by atoms with van der Waals surface area (Å²) in [5.74, 6) is 0.596. The van der Waals surface area contributed by atoms with E-state index in [9.17, 15) is 9.59 Å². The maximum atomic E-state index is 12.3. The minimum atomic E-state index is -0.362.